The molecule has 1 saturated heterocycles. The van der Waals surface area contributed by atoms with Gasteiger partial charge in [0, 0.05) is 18.1 Å². The van der Waals surface area contributed by atoms with E-state index in [9.17, 15) is 9.59 Å². The van der Waals surface area contributed by atoms with Crippen molar-refractivity contribution in [2.75, 3.05) is 26.2 Å². The number of hydrogen-bond donors (Lipinski definition) is 2. The van der Waals surface area contributed by atoms with Gasteiger partial charge in [0.2, 0.25) is 5.91 Å². The monoisotopic (exact) mass is 441 g/mol. The van der Waals surface area contributed by atoms with Crippen molar-refractivity contribution < 1.29 is 9.59 Å². The normalized spacial score (nSPS) is 17.0. The number of piperidine rings is 1. The van der Waals surface area contributed by atoms with Crippen LogP contribution in [0.25, 0.3) is 0 Å². The van der Waals surface area contributed by atoms with E-state index in [1.165, 1.54) is 25.3 Å². The molecule has 1 aliphatic heterocycles. The Hall–Kier alpha value is -1.30. The third-order valence-corrected chi connectivity index (χ3v) is 5.70. The molecule has 7 heteroatoms. The molecule has 0 saturated carbocycles. The molecular formula is C22H33Cl2N3O2. The number of carbonyl (C=O) groups is 2. The van der Waals surface area contributed by atoms with Crippen LogP contribution < -0.4 is 10.6 Å². The third kappa shape index (κ3) is 8.15. The number of likely N-dealkylation sites (tertiary alicyclic amines) is 1. The predicted molar refractivity (Wildman–Crippen MR) is 120 cm³/mol. The number of hydrogen-bond acceptors (Lipinski definition) is 3. The van der Waals surface area contributed by atoms with E-state index in [-0.39, 0.29) is 22.8 Å². The van der Waals surface area contributed by atoms with Crippen molar-refractivity contribution in [3.8, 4) is 0 Å². The van der Waals surface area contributed by atoms with Crippen molar-refractivity contribution in [1.82, 2.24) is 15.5 Å². The van der Waals surface area contributed by atoms with Crippen molar-refractivity contribution in [2.24, 2.45) is 11.8 Å². The van der Waals surface area contributed by atoms with E-state index in [4.69, 9.17) is 23.2 Å². The molecule has 0 aromatic heterocycles. The Bertz CT molecular complexity index is 691. The molecule has 1 fully saturated rings. The van der Waals surface area contributed by atoms with Gasteiger partial charge in [0.1, 0.15) is 6.04 Å². The second kappa shape index (κ2) is 11.8. The zero-order valence-electron chi connectivity index (χ0n) is 17.6. The molecule has 1 aliphatic rings. The Labute approximate surface area is 184 Å². The fourth-order valence-corrected chi connectivity index (χ4v) is 4.15. The summed E-state index contributed by atoms with van der Waals surface area (Å²) in [4.78, 5) is 27.9. The van der Waals surface area contributed by atoms with Crippen LogP contribution in [0.2, 0.25) is 10.0 Å². The van der Waals surface area contributed by atoms with E-state index in [0.717, 1.165) is 19.6 Å². The quantitative estimate of drug-likeness (QED) is 0.597. The van der Waals surface area contributed by atoms with Gasteiger partial charge in [-0.15, -0.1) is 0 Å². The minimum absolute atomic E-state index is 0.150. The molecule has 162 valence electrons. The SMILES string of the molecule is CC(C)CC(NC(=O)c1ccc(Cl)cc1Cl)C(=O)NCC(C)CN1CCCCC1. The van der Waals surface area contributed by atoms with Crippen molar-refractivity contribution in [3.05, 3.63) is 33.8 Å². The zero-order valence-corrected chi connectivity index (χ0v) is 19.2. The van der Waals surface area contributed by atoms with Gasteiger partial charge in [0.15, 0.2) is 0 Å². The van der Waals surface area contributed by atoms with Gasteiger partial charge in [0.25, 0.3) is 5.91 Å². The highest BCUT2D eigenvalue weighted by atomic mass is 35.5. The number of halogens is 2. The van der Waals surface area contributed by atoms with Crippen LogP contribution in [0.15, 0.2) is 18.2 Å². The second-order valence-electron chi connectivity index (χ2n) is 8.49. The summed E-state index contributed by atoms with van der Waals surface area (Å²) in [7, 11) is 0. The number of carbonyl (C=O) groups excluding carboxylic acids is 2. The van der Waals surface area contributed by atoms with E-state index in [1.807, 2.05) is 13.8 Å². The summed E-state index contributed by atoms with van der Waals surface area (Å²) in [5.41, 5.74) is 0.316. The smallest absolute Gasteiger partial charge is 0.253 e. The summed E-state index contributed by atoms with van der Waals surface area (Å²) in [6.45, 7) is 10.1. The van der Waals surface area contributed by atoms with Crippen molar-refractivity contribution in [3.63, 3.8) is 0 Å². The summed E-state index contributed by atoms with van der Waals surface area (Å²) in [6, 6.07) is 4.11. The van der Waals surface area contributed by atoms with Gasteiger partial charge >= 0.3 is 0 Å². The van der Waals surface area contributed by atoms with Crippen molar-refractivity contribution in [2.45, 2.75) is 52.5 Å². The Morgan fingerprint density at radius 3 is 2.41 bits per heavy atom. The lowest BCUT2D eigenvalue weighted by Gasteiger charge is -2.29. The van der Waals surface area contributed by atoms with Crippen LogP contribution in [-0.2, 0) is 4.79 Å². The number of benzene rings is 1. The largest absolute Gasteiger partial charge is 0.354 e. The van der Waals surface area contributed by atoms with Gasteiger partial charge in [-0.3, -0.25) is 9.59 Å². The van der Waals surface area contributed by atoms with Crippen LogP contribution in [-0.4, -0.2) is 48.9 Å². The Morgan fingerprint density at radius 1 is 1.10 bits per heavy atom. The standard InChI is InChI=1S/C22H33Cl2N3O2/c1-15(2)11-20(26-21(28)18-8-7-17(23)12-19(18)24)22(29)25-13-16(3)14-27-9-5-4-6-10-27/h7-8,12,15-16,20H,4-6,9-11,13-14H2,1-3H3,(H,25,29)(H,26,28). The van der Waals surface area contributed by atoms with Gasteiger partial charge in [-0.2, -0.15) is 0 Å². The van der Waals surface area contributed by atoms with Crippen LogP contribution >= 0.6 is 23.2 Å². The Kier molecular flexibility index (Phi) is 9.73. The molecule has 29 heavy (non-hydrogen) atoms. The maximum absolute atomic E-state index is 12.8. The van der Waals surface area contributed by atoms with Crippen LogP contribution in [0, 0.1) is 11.8 Å². The van der Waals surface area contributed by atoms with Crippen LogP contribution in [0.4, 0.5) is 0 Å². The van der Waals surface area contributed by atoms with Gasteiger partial charge in [-0.1, -0.05) is 50.4 Å². The molecule has 2 atom stereocenters. The lowest BCUT2D eigenvalue weighted by molar-refractivity contribution is -0.123. The van der Waals surface area contributed by atoms with E-state index in [2.05, 4.69) is 22.5 Å². The molecule has 2 unspecified atom stereocenters. The maximum atomic E-state index is 12.8. The number of nitrogens with one attached hydrogen (secondary N) is 2. The van der Waals surface area contributed by atoms with Gasteiger partial charge in [0.05, 0.1) is 10.6 Å². The molecule has 1 aromatic carbocycles. The molecule has 0 radical (unpaired) electrons. The highest BCUT2D eigenvalue weighted by Crippen LogP contribution is 2.21. The lowest BCUT2D eigenvalue weighted by Crippen LogP contribution is -2.49. The third-order valence-electron chi connectivity index (χ3n) is 5.15. The highest BCUT2D eigenvalue weighted by molar-refractivity contribution is 6.36. The first-order valence-electron chi connectivity index (χ1n) is 10.5. The van der Waals surface area contributed by atoms with Crippen LogP contribution in [0.1, 0.15) is 56.8 Å². The summed E-state index contributed by atoms with van der Waals surface area (Å²) < 4.78 is 0. The van der Waals surface area contributed by atoms with E-state index in [0.29, 0.717) is 29.5 Å². The summed E-state index contributed by atoms with van der Waals surface area (Å²) in [6.07, 6.45) is 4.39. The van der Waals surface area contributed by atoms with Crippen LogP contribution in [0.3, 0.4) is 0 Å². The van der Waals surface area contributed by atoms with E-state index >= 15 is 0 Å². The van der Waals surface area contributed by atoms with Crippen molar-refractivity contribution in [1.29, 1.82) is 0 Å². The molecule has 0 spiro atoms. The minimum atomic E-state index is -0.601. The van der Waals surface area contributed by atoms with Gasteiger partial charge in [-0.25, -0.2) is 0 Å². The zero-order chi connectivity index (χ0) is 21.4. The summed E-state index contributed by atoms with van der Waals surface area (Å²) in [5.74, 6) is 0.104. The first-order chi connectivity index (χ1) is 13.8. The van der Waals surface area contributed by atoms with Crippen molar-refractivity contribution >= 4 is 35.0 Å². The van der Waals surface area contributed by atoms with E-state index < -0.39 is 6.04 Å². The second-order valence-corrected chi connectivity index (χ2v) is 9.33. The van der Waals surface area contributed by atoms with Crippen LogP contribution in [0.5, 0.6) is 0 Å². The molecule has 0 bridgehead atoms. The maximum Gasteiger partial charge on any atom is 0.253 e. The Balaban J connectivity index is 1.91. The lowest BCUT2D eigenvalue weighted by atomic mass is 10.0. The molecule has 2 amide bonds. The fourth-order valence-electron chi connectivity index (χ4n) is 3.66. The molecule has 5 nitrogen and oxygen atoms in total. The molecule has 2 rings (SSSR count). The minimum Gasteiger partial charge on any atom is -0.354 e. The highest BCUT2D eigenvalue weighted by Gasteiger charge is 2.24. The molecule has 1 heterocycles. The number of amides is 2. The first kappa shape index (κ1) is 24.0. The molecule has 0 aliphatic carbocycles. The van der Waals surface area contributed by atoms with Gasteiger partial charge < -0.3 is 15.5 Å². The van der Waals surface area contributed by atoms with Gasteiger partial charge in [-0.05, 0) is 62.4 Å². The average Bonchev–Trinajstić information content (AvgIpc) is 2.66. The molecule has 1 aromatic rings. The predicted octanol–water partition coefficient (Wildman–Crippen LogP) is 4.38. The summed E-state index contributed by atoms with van der Waals surface area (Å²) >= 11 is 12.0. The van der Waals surface area contributed by atoms with E-state index in [1.54, 1.807) is 12.1 Å². The molecule has 2 N–H and O–H groups in total. The summed E-state index contributed by atoms with van der Waals surface area (Å²) in [5, 5.41) is 6.60. The number of rotatable bonds is 9. The number of nitrogens with zero attached hydrogens (tertiary/aromatic N) is 1. The first-order valence-corrected chi connectivity index (χ1v) is 11.3. The Morgan fingerprint density at radius 2 is 1.79 bits per heavy atom. The topological polar surface area (TPSA) is 61.4 Å². The molecular weight excluding hydrogens is 409 g/mol. The fraction of sp³-hybridized carbons (Fsp3) is 0.636. The average molecular weight is 442 g/mol.